The van der Waals surface area contributed by atoms with E-state index < -0.39 is 17.8 Å². The Balaban J connectivity index is 1.26. The minimum absolute atomic E-state index is 0.0358. The number of carbonyl (C=O) groups excluding carboxylic acids is 3. The monoisotopic (exact) mass is 647 g/mol. The Hall–Kier alpha value is -6.07. The Morgan fingerprint density at radius 3 is 2.13 bits per heavy atom. The molecule has 10 nitrogen and oxygen atoms in total. The van der Waals surface area contributed by atoms with Gasteiger partial charge in [-0.15, -0.1) is 11.8 Å². The Morgan fingerprint density at radius 1 is 0.766 bits per heavy atom. The second-order valence-corrected chi connectivity index (χ2v) is 11.0. The van der Waals surface area contributed by atoms with Crippen LogP contribution in [-0.2, 0) is 9.59 Å². The van der Waals surface area contributed by atoms with Crippen LogP contribution in [0.4, 0.5) is 11.4 Å². The van der Waals surface area contributed by atoms with E-state index in [0.717, 1.165) is 10.5 Å². The SMILES string of the molecule is COc1ccccc1-c1ccc(/C=C(\NC(=O)c2ccccc2)C(=O)Nc2ccc(SCC(=O)Nc3ccc(C(=O)O)cc3)cc2)o1. The number of anilines is 2. The smallest absolute Gasteiger partial charge is 0.335 e. The summed E-state index contributed by atoms with van der Waals surface area (Å²) in [6.07, 6.45) is 1.45. The third-order valence-electron chi connectivity index (χ3n) is 6.71. The van der Waals surface area contributed by atoms with Crippen LogP contribution in [0.15, 0.2) is 130 Å². The highest BCUT2D eigenvalue weighted by atomic mass is 32.2. The lowest BCUT2D eigenvalue weighted by molar-refractivity contribution is -0.114. The summed E-state index contributed by atoms with van der Waals surface area (Å²) >= 11 is 1.29. The van der Waals surface area contributed by atoms with Crippen LogP contribution in [0.5, 0.6) is 5.75 Å². The summed E-state index contributed by atoms with van der Waals surface area (Å²) in [5.74, 6) is -0.727. The van der Waals surface area contributed by atoms with E-state index in [4.69, 9.17) is 14.3 Å². The van der Waals surface area contributed by atoms with Gasteiger partial charge in [-0.1, -0.05) is 30.3 Å². The molecule has 0 saturated heterocycles. The maximum atomic E-state index is 13.4. The zero-order valence-electron chi connectivity index (χ0n) is 25.1. The number of furan rings is 1. The second kappa shape index (κ2) is 15.3. The third kappa shape index (κ3) is 8.77. The third-order valence-corrected chi connectivity index (χ3v) is 7.72. The summed E-state index contributed by atoms with van der Waals surface area (Å²) in [6.45, 7) is 0. The van der Waals surface area contributed by atoms with E-state index in [9.17, 15) is 19.2 Å². The summed E-state index contributed by atoms with van der Waals surface area (Å²) in [7, 11) is 1.57. The van der Waals surface area contributed by atoms with Crippen molar-refractivity contribution in [3.8, 4) is 17.1 Å². The fourth-order valence-electron chi connectivity index (χ4n) is 4.38. The minimum atomic E-state index is -1.04. The number of rotatable bonds is 12. The molecular formula is C36H29N3O7S. The van der Waals surface area contributed by atoms with Crippen molar-refractivity contribution in [3.05, 3.63) is 138 Å². The van der Waals surface area contributed by atoms with E-state index in [1.165, 1.54) is 42.1 Å². The van der Waals surface area contributed by atoms with Gasteiger partial charge in [0.2, 0.25) is 5.91 Å². The number of hydrogen-bond acceptors (Lipinski definition) is 7. The van der Waals surface area contributed by atoms with Crippen molar-refractivity contribution in [3.63, 3.8) is 0 Å². The van der Waals surface area contributed by atoms with Crippen LogP contribution >= 0.6 is 11.8 Å². The van der Waals surface area contributed by atoms with Gasteiger partial charge in [0, 0.05) is 27.9 Å². The number of carbonyl (C=O) groups is 4. The van der Waals surface area contributed by atoms with E-state index in [2.05, 4.69) is 16.0 Å². The predicted molar refractivity (Wildman–Crippen MR) is 180 cm³/mol. The Bertz CT molecular complexity index is 1920. The number of ether oxygens (including phenoxy) is 1. The Kier molecular flexibility index (Phi) is 10.5. The number of thioether (sulfide) groups is 1. The molecule has 47 heavy (non-hydrogen) atoms. The van der Waals surface area contributed by atoms with Crippen LogP contribution in [0.25, 0.3) is 17.4 Å². The van der Waals surface area contributed by atoms with E-state index in [1.54, 1.807) is 73.8 Å². The molecule has 0 aliphatic rings. The first-order valence-corrected chi connectivity index (χ1v) is 15.3. The molecule has 5 aromatic rings. The second-order valence-electron chi connectivity index (χ2n) is 9.98. The molecule has 3 amide bonds. The summed E-state index contributed by atoms with van der Waals surface area (Å²) in [4.78, 5) is 50.6. The molecule has 0 spiro atoms. The van der Waals surface area contributed by atoms with Crippen molar-refractivity contribution in [2.75, 3.05) is 23.5 Å². The average Bonchev–Trinajstić information content (AvgIpc) is 3.56. The normalized spacial score (nSPS) is 11.0. The molecule has 0 fully saturated rings. The van der Waals surface area contributed by atoms with Gasteiger partial charge in [-0.3, -0.25) is 14.4 Å². The minimum Gasteiger partial charge on any atom is -0.496 e. The molecule has 0 atom stereocenters. The highest BCUT2D eigenvalue weighted by Gasteiger charge is 2.17. The number of hydrogen-bond donors (Lipinski definition) is 4. The van der Waals surface area contributed by atoms with Crippen molar-refractivity contribution >= 4 is 52.9 Å². The number of carboxylic acid groups (broad SMARTS) is 1. The van der Waals surface area contributed by atoms with Crippen LogP contribution in [0.3, 0.4) is 0 Å². The van der Waals surface area contributed by atoms with Crippen LogP contribution in [0.1, 0.15) is 26.5 Å². The van der Waals surface area contributed by atoms with E-state index >= 15 is 0 Å². The number of carboxylic acids is 1. The maximum absolute atomic E-state index is 13.4. The van der Waals surface area contributed by atoms with Crippen LogP contribution < -0.4 is 20.7 Å². The fourth-order valence-corrected chi connectivity index (χ4v) is 5.08. The Labute approximate surface area is 274 Å². The first-order chi connectivity index (χ1) is 22.8. The lowest BCUT2D eigenvalue weighted by Gasteiger charge is -2.11. The summed E-state index contributed by atoms with van der Waals surface area (Å²) in [6, 6.07) is 32.1. The molecule has 0 radical (unpaired) electrons. The van der Waals surface area contributed by atoms with Crippen molar-refractivity contribution < 1.29 is 33.4 Å². The number of aromatic carboxylic acids is 1. The quantitative estimate of drug-likeness (QED) is 0.0855. The van der Waals surface area contributed by atoms with Crippen LogP contribution in [-0.4, -0.2) is 41.7 Å². The van der Waals surface area contributed by atoms with Gasteiger partial charge in [0.15, 0.2) is 0 Å². The zero-order valence-corrected chi connectivity index (χ0v) is 25.9. The molecule has 0 bridgehead atoms. The van der Waals surface area contributed by atoms with Crippen molar-refractivity contribution in [1.29, 1.82) is 0 Å². The molecule has 0 aliphatic carbocycles. The molecule has 11 heteroatoms. The number of para-hydroxylation sites is 1. The molecule has 1 heterocycles. The molecule has 5 rings (SSSR count). The van der Waals surface area contributed by atoms with Gasteiger partial charge in [0.1, 0.15) is 23.0 Å². The molecule has 236 valence electrons. The first-order valence-electron chi connectivity index (χ1n) is 14.3. The molecule has 1 aromatic heterocycles. The average molecular weight is 648 g/mol. The Morgan fingerprint density at radius 2 is 1.43 bits per heavy atom. The van der Waals surface area contributed by atoms with E-state index in [0.29, 0.717) is 34.2 Å². The van der Waals surface area contributed by atoms with Crippen molar-refractivity contribution in [2.45, 2.75) is 4.90 Å². The van der Waals surface area contributed by atoms with Crippen molar-refractivity contribution in [1.82, 2.24) is 5.32 Å². The lowest BCUT2D eigenvalue weighted by atomic mass is 10.1. The maximum Gasteiger partial charge on any atom is 0.335 e. The zero-order chi connectivity index (χ0) is 33.2. The van der Waals surface area contributed by atoms with Crippen molar-refractivity contribution in [2.24, 2.45) is 0 Å². The summed E-state index contributed by atoms with van der Waals surface area (Å²) < 4.78 is 11.4. The molecule has 0 saturated carbocycles. The van der Waals surface area contributed by atoms with Gasteiger partial charge in [0.05, 0.1) is 24.0 Å². The fraction of sp³-hybridized carbons (Fsp3) is 0.0556. The number of amides is 3. The lowest BCUT2D eigenvalue weighted by Crippen LogP contribution is -2.30. The molecule has 0 unspecified atom stereocenters. The molecular weight excluding hydrogens is 618 g/mol. The van der Waals surface area contributed by atoms with Crippen LogP contribution in [0.2, 0.25) is 0 Å². The predicted octanol–water partition coefficient (Wildman–Crippen LogP) is 6.79. The largest absolute Gasteiger partial charge is 0.496 e. The van der Waals surface area contributed by atoms with E-state index in [1.807, 2.05) is 24.3 Å². The molecule has 4 N–H and O–H groups in total. The van der Waals surface area contributed by atoms with Gasteiger partial charge in [0.25, 0.3) is 11.8 Å². The summed E-state index contributed by atoms with van der Waals surface area (Å²) in [5, 5.41) is 17.2. The highest BCUT2D eigenvalue weighted by Crippen LogP contribution is 2.31. The number of methoxy groups -OCH3 is 1. The van der Waals surface area contributed by atoms with Crippen LogP contribution in [0, 0.1) is 0 Å². The van der Waals surface area contributed by atoms with Gasteiger partial charge in [-0.05, 0) is 84.9 Å². The topological polar surface area (TPSA) is 147 Å². The van der Waals surface area contributed by atoms with Gasteiger partial charge in [-0.2, -0.15) is 0 Å². The highest BCUT2D eigenvalue weighted by molar-refractivity contribution is 8.00. The number of nitrogens with one attached hydrogen (secondary N) is 3. The van der Waals surface area contributed by atoms with Gasteiger partial charge >= 0.3 is 5.97 Å². The molecule has 4 aromatic carbocycles. The first kappa shape index (κ1) is 32.3. The van der Waals surface area contributed by atoms with Gasteiger partial charge < -0.3 is 30.2 Å². The molecule has 0 aliphatic heterocycles. The van der Waals surface area contributed by atoms with E-state index in [-0.39, 0.29) is 22.9 Å². The van der Waals surface area contributed by atoms with Gasteiger partial charge in [-0.25, -0.2) is 4.79 Å². The standard InChI is InChI=1S/C36H29N3O7S/c1-45-31-10-6-5-9-29(31)32-20-17-27(46-32)21-30(39-34(41)23-7-3-2-4-8-23)35(42)38-26-15-18-28(19-16-26)47-22-33(40)37-25-13-11-24(12-14-25)36(43)44/h2-21H,22H2,1H3,(H,37,40)(H,38,42)(H,39,41)(H,43,44)/b30-21-. The summed E-state index contributed by atoms with van der Waals surface area (Å²) in [5.41, 5.74) is 2.17. The number of benzene rings is 4.